The van der Waals surface area contributed by atoms with Gasteiger partial charge in [0.15, 0.2) is 0 Å². The van der Waals surface area contributed by atoms with E-state index in [0.717, 1.165) is 11.4 Å². The molecular weight excluding hydrogens is 376 g/mol. The number of hydrogen-bond acceptors (Lipinski definition) is 7. The molecule has 3 N–H and O–H groups in total. The van der Waals surface area contributed by atoms with E-state index in [9.17, 15) is 9.59 Å². The van der Waals surface area contributed by atoms with Gasteiger partial charge < -0.3 is 24.8 Å². The van der Waals surface area contributed by atoms with Gasteiger partial charge in [-0.05, 0) is 36.4 Å². The summed E-state index contributed by atoms with van der Waals surface area (Å²) in [6.07, 6.45) is -0.111. The highest BCUT2D eigenvalue weighted by Gasteiger charge is 2.29. The summed E-state index contributed by atoms with van der Waals surface area (Å²) >= 11 is 0. The average Bonchev–Trinajstić information content (AvgIpc) is 3.06. The molecule has 3 rings (SSSR count). The number of methoxy groups -OCH3 is 3. The van der Waals surface area contributed by atoms with Gasteiger partial charge >= 0.3 is 0 Å². The normalized spacial score (nSPS) is 15.2. The number of benzene rings is 2. The molecule has 152 valence electrons. The minimum Gasteiger partial charge on any atom is -0.497 e. The van der Waals surface area contributed by atoms with Crippen LogP contribution in [0.15, 0.2) is 47.5 Å². The summed E-state index contributed by atoms with van der Waals surface area (Å²) in [5.74, 6) is 1.34. The lowest BCUT2D eigenvalue weighted by molar-refractivity contribution is -0.123. The minimum absolute atomic E-state index is 0.111. The molecule has 2 amide bonds. The van der Waals surface area contributed by atoms with Gasteiger partial charge in [0, 0.05) is 11.8 Å². The lowest BCUT2D eigenvalue weighted by Gasteiger charge is -2.12. The molecule has 1 atom stereocenters. The molecule has 0 spiro atoms. The zero-order valence-corrected chi connectivity index (χ0v) is 16.3. The maximum Gasteiger partial charge on any atom is 0.252 e. The fraction of sp³-hybridized carbons (Fsp3) is 0.250. The van der Waals surface area contributed by atoms with Gasteiger partial charge in [0.1, 0.15) is 23.3 Å². The van der Waals surface area contributed by atoms with Gasteiger partial charge in [0.05, 0.1) is 33.4 Å². The summed E-state index contributed by atoms with van der Waals surface area (Å²) in [6.45, 7) is 0. The first-order chi connectivity index (χ1) is 14.0. The maximum absolute atomic E-state index is 12.4. The molecule has 0 fully saturated rings. The molecule has 9 nitrogen and oxygen atoms in total. The summed E-state index contributed by atoms with van der Waals surface area (Å²) in [4.78, 5) is 28.9. The topological polar surface area (TPSA) is 110 Å². The van der Waals surface area contributed by atoms with Crippen LogP contribution in [0.3, 0.4) is 0 Å². The first kappa shape index (κ1) is 20.0. The molecular formula is C20H22N4O5. The maximum atomic E-state index is 12.4. The van der Waals surface area contributed by atoms with E-state index < -0.39 is 6.04 Å². The third-order valence-electron chi connectivity index (χ3n) is 4.24. The van der Waals surface area contributed by atoms with Gasteiger partial charge in [-0.1, -0.05) is 0 Å². The van der Waals surface area contributed by atoms with E-state index in [2.05, 4.69) is 20.9 Å². The van der Waals surface area contributed by atoms with E-state index in [-0.39, 0.29) is 24.2 Å². The molecule has 0 unspecified atom stereocenters. The standard InChI is InChI=1S/C20H22N4O5/c1-27-13-6-4-12(5-7-13)21-20-23-16(19(26)24-20)11-18(25)22-15-10-14(28-2)8-9-17(15)29-3/h4-10,16H,11H2,1-3H3,(H,22,25)(H2,21,23,24,26)/t16-/m0/s1. The Morgan fingerprint density at radius 2 is 1.72 bits per heavy atom. The van der Waals surface area contributed by atoms with Gasteiger partial charge in [-0.2, -0.15) is 0 Å². The molecule has 0 aromatic heterocycles. The number of nitrogens with one attached hydrogen (secondary N) is 3. The van der Waals surface area contributed by atoms with Crippen LogP contribution in [0.25, 0.3) is 0 Å². The van der Waals surface area contributed by atoms with Crippen molar-refractivity contribution in [2.75, 3.05) is 32.0 Å². The summed E-state index contributed by atoms with van der Waals surface area (Å²) in [5, 5.41) is 8.37. The third-order valence-corrected chi connectivity index (χ3v) is 4.24. The van der Waals surface area contributed by atoms with Crippen LogP contribution in [0.4, 0.5) is 11.4 Å². The van der Waals surface area contributed by atoms with Crippen molar-refractivity contribution in [1.82, 2.24) is 5.32 Å². The lowest BCUT2D eigenvalue weighted by Crippen LogP contribution is -2.33. The Bertz CT molecular complexity index is 927. The van der Waals surface area contributed by atoms with E-state index in [1.54, 1.807) is 49.6 Å². The largest absolute Gasteiger partial charge is 0.497 e. The molecule has 9 heteroatoms. The van der Waals surface area contributed by atoms with Crippen molar-refractivity contribution in [3.8, 4) is 17.2 Å². The van der Waals surface area contributed by atoms with Crippen LogP contribution in [0.1, 0.15) is 6.42 Å². The highest BCUT2D eigenvalue weighted by molar-refractivity contribution is 6.11. The monoisotopic (exact) mass is 398 g/mol. The molecule has 0 aliphatic carbocycles. The molecule has 1 heterocycles. The number of amides is 2. The number of anilines is 2. The molecule has 2 aromatic rings. The molecule has 0 saturated carbocycles. The van der Waals surface area contributed by atoms with Crippen molar-refractivity contribution in [1.29, 1.82) is 0 Å². The smallest absolute Gasteiger partial charge is 0.252 e. The Hall–Kier alpha value is -3.75. The first-order valence-corrected chi connectivity index (χ1v) is 8.84. The van der Waals surface area contributed by atoms with E-state index in [1.807, 2.05) is 0 Å². The molecule has 29 heavy (non-hydrogen) atoms. The van der Waals surface area contributed by atoms with Crippen molar-refractivity contribution in [2.24, 2.45) is 4.99 Å². The van der Waals surface area contributed by atoms with Gasteiger partial charge in [-0.3, -0.25) is 14.9 Å². The van der Waals surface area contributed by atoms with E-state index >= 15 is 0 Å². The van der Waals surface area contributed by atoms with Gasteiger partial charge in [0.25, 0.3) is 5.91 Å². The average molecular weight is 398 g/mol. The van der Waals surface area contributed by atoms with Crippen molar-refractivity contribution < 1.29 is 23.8 Å². The number of nitrogens with zero attached hydrogens (tertiary/aromatic N) is 1. The molecule has 0 bridgehead atoms. The Morgan fingerprint density at radius 1 is 1.03 bits per heavy atom. The van der Waals surface area contributed by atoms with Crippen molar-refractivity contribution in [3.63, 3.8) is 0 Å². The van der Waals surface area contributed by atoms with Crippen LogP contribution in [0.5, 0.6) is 17.2 Å². The van der Waals surface area contributed by atoms with Crippen LogP contribution in [0, 0.1) is 0 Å². The van der Waals surface area contributed by atoms with Crippen LogP contribution in [-0.2, 0) is 9.59 Å². The first-order valence-electron chi connectivity index (χ1n) is 8.84. The molecule has 0 saturated heterocycles. The number of ether oxygens (including phenoxy) is 3. The Kier molecular flexibility index (Phi) is 6.18. The van der Waals surface area contributed by atoms with Crippen LogP contribution in [0.2, 0.25) is 0 Å². The predicted octanol–water partition coefficient (Wildman–Crippen LogP) is 2.01. The van der Waals surface area contributed by atoms with Gasteiger partial charge in [-0.15, -0.1) is 0 Å². The van der Waals surface area contributed by atoms with Crippen LogP contribution < -0.4 is 30.2 Å². The van der Waals surface area contributed by atoms with Gasteiger partial charge in [-0.25, -0.2) is 4.99 Å². The predicted molar refractivity (Wildman–Crippen MR) is 109 cm³/mol. The lowest BCUT2D eigenvalue weighted by atomic mass is 10.2. The second-order valence-electron chi connectivity index (χ2n) is 6.15. The summed E-state index contributed by atoms with van der Waals surface area (Å²) < 4.78 is 15.5. The third kappa shape index (κ3) is 4.95. The van der Waals surface area contributed by atoms with E-state index in [0.29, 0.717) is 17.2 Å². The number of carbonyl (C=O) groups excluding carboxylic acids is 2. The number of hydrogen-bond donors (Lipinski definition) is 3. The molecule has 1 aliphatic heterocycles. The minimum atomic E-state index is -0.827. The SMILES string of the molecule is COc1ccc(NC2=N[C@@H](CC(=O)Nc3cc(OC)ccc3OC)C(=O)N2)cc1. The Balaban J connectivity index is 1.63. The van der Waals surface area contributed by atoms with Crippen LogP contribution in [-0.4, -0.2) is 45.1 Å². The molecule has 2 aromatic carbocycles. The number of guanidine groups is 1. The number of aliphatic imine (C=N–C) groups is 1. The fourth-order valence-electron chi connectivity index (χ4n) is 2.75. The fourth-order valence-corrected chi connectivity index (χ4v) is 2.75. The summed E-state index contributed by atoms with van der Waals surface area (Å²) in [5.41, 5.74) is 1.19. The highest BCUT2D eigenvalue weighted by atomic mass is 16.5. The Labute approximate surface area is 168 Å². The zero-order chi connectivity index (χ0) is 20.8. The second-order valence-corrected chi connectivity index (χ2v) is 6.15. The summed E-state index contributed by atoms with van der Waals surface area (Å²) in [7, 11) is 4.62. The Morgan fingerprint density at radius 3 is 2.38 bits per heavy atom. The highest BCUT2D eigenvalue weighted by Crippen LogP contribution is 2.29. The van der Waals surface area contributed by atoms with Crippen molar-refractivity contribution in [3.05, 3.63) is 42.5 Å². The zero-order valence-electron chi connectivity index (χ0n) is 16.3. The van der Waals surface area contributed by atoms with Gasteiger partial charge in [0.2, 0.25) is 11.9 Å². The van der Waals surface area contributed by atoms with Crippen LogP contribution >= 0.6 is 0 Å². The van der Waals surface area contributed by atoms with E-state index in [4.69, 9.17) is 14.2 Å². The number of carbonyl (C=O) groups is 2. The molecule has 0 radical (unpaired) electrons. The molecule has 1 aliphatic rings. The summed E-state index contributed by atoms with van der Waals surface area (Å²) in [6, 6.07) is 11.4. The quantitative estimate of drug-likeness (QED) is 0.658. The second kappa shape index (κ2) is 8.96. The number of rotatable bonds is 7. The van der Waals surface area contributed by atoms with Crippen molar-refractivity contribution in [2.45, 2.75) is 12.5 Å². The van der Waals surface area contributed by atoms with E-state index in [1.165, 1.54) is 14.2 Å². The van der Waals surface area contributed by atoms with Crippen molar-refractivity contribution >= 4 is 29.1 Å².